The Labute approximate surface area is 158 Å². The minimum atomic E-state index is -0.963. The molecule has 1 amide bonds. The second-order valence-corrected chi connectivity index (χ2v) is 6.49. The van der Waals surface area contributed by atoms with E-state index in [1.165, 1.54) is 23.8 Å². The monoisotopic (exact) mass is 365 g/mol. The summed E-state index contributed by atoms with van der Waals surface area (Å²) in [4.78, 5) is 25.3. The van der Waals surface area contributed by atoms with Crippen molar-refractivity contribution in [2.45, 2.75) is 6.54 Å². The van der Waals surface area contributed by atoms with Gasteiger partial charge < -0.3 is 5.11 Å². The molecule has 2 N–H and O–H groups in total. The summed E-state index contributed by atoms with van der Waals surface area (Å²) in [5.74, 6) is -1.15. The third-order valence-corrected chi connectivity index (χ3v) is 4.47. The number of nitrogens with zero attached hydrogens (tertiary/aromatic N) is 2. The molecule has 1 fully saturated rings. The highest BCUT2D eigenvalue weighted by molar-refractivity contribution is 5.92. The van der Waals surface area contributed by atoms with Gasteiger partial charge in [0.15, 0.2) is 0 Å². The van der Waals surface area contributed by atoms with E-state index in [1.54, 1.807) is 18.2 Å². The molecule has 2 aromatic carbocycles. The first-order valence-corrected chi connectivity index (χ1v) is 8.93. The van der Waals surface area contributed by atoms with E-state index in [1.807, 2.05) is 23.2 Å². The molecule has 1 heterocycles. The number of carbonyl (C=O) groups is 2. The standard InChI is InChI=1S/C21H23N3O3/c25-20(11-8-17-6-9-19(10-7-17)21(26)27)22-24-14-12-23(13-15-24)16-18-4-2-1-3-5-18/h1-11H,12-16H2,(H,22,25)(H,26,27). The second-order valence-electron chi connectivity index (χ2n) is 6.49. The Hall–Kier alpha value is -2.96. The number of carbonyl (C=O) groups excluding carboxylic acids is 1. The van der Waals surface area contributed by atoms with Crippen LogP contribution in [0.5, 0.6) is 0 Å². The largest absolute Gasteiger partial charge is 0.478 e. The van der Waals surface area contributed by atoms with E-state index >= 15 is 0 Å². The minimum Gasteiger partial charge on any atom is -0.478 e. The summed E-state index contributed by atoms with van der Waals surface area (Å²) < 4.78 is 0. The van der Waals surface area contributed by atoms with E-state index in [4.69, 9.17) is 5.11 Å². The van der Waals surface area contributed by atoms with Crippen molar-refractivity contribution in [2.24, 2.45) is 0 Å². The highest BCUT2D eigenvalue weighted by atomic mass is 16.4. The van der Waals surface area contributed by atoms with Crippen molar-refractivity contribution in [2.75, 3.05) is 26.2 Å². The number of hydrogen-bond donors (Lipinski definition) is 2. The van der Waals surface area contributed by atoms with Gasteiger partial charge in [0.1, 0.15) is 0 Å². The molecule has 0 aromatic heterocycles. The molecule has 27 heavy (non-hydrogen) atoms. The van der Waals surface area contributed by atoms with Crippen LogP contribution in [0.2, 0.25) is 0 Å². The lowest BCUT2D eigenvalue weighted by Crippen LogP contribution is -2.52. The van der Waals surface area contributed by atoms with Crippen LogP contribution in [0, 0.1) is 0 Å². The minimum absolute atomic E-state index is 0.186. The molecule has 0 bridgehead atoms. The molecule has 0 unspecified atom stereocenters. The maximum absolute atomic E-state index is 12.1. The van der Waals surface area contributed by atoms with Gasteiger partial charge in [-0.25, -0.2) is 9.80 Å². The Kier molecular flexibility index (Phi) is 6.35. The number of rotatable bonds is 6. The van der Waals surface area contributed by atoms with E-state index < -0.39 is 5.97 Å². The van der Waals surface area contributed by atoms with Crippen LogP contribution in [0.25, 0.3) is 6.08 Å². The number of hydrazine groups is 1. The van der Waals surface area contributed by atoms with Crippen molar-refractivity contribution >= 4 is 18.0 Å². The fraction of sp³-hybridized carbons (Fsp3) is 0.238. The number of carboxylic acids is 1. The van der Waals surface area contributed by atoms with E-state index in [2.05, 4.69) is 22.5 Å². The molecule has 0 saturated carbocycles. The van der Waals surface area contributed by atoms with E-state index in [9.17, 15) is 9.59 Å². The van der Waals surface area contributed by atoms with Gasteiger partial charge in [-0.1, -0.05) is 42.5 Å². The Morgan fingerprint density at radius 3 is 2.26 bits per heavy atom. The smallest absolute Gasteiger partial charge is 0.335 e. The molecule has 140 valence electrons. The lowest BCUT2D eigenvalue weighted by Gasteiger charge is -2.34. The summed E-state index contributed by atoms with van der Waals surface area (Å²) in [6.07, 6.45) is 3.14. The van der Waals surface area contributed by atoms with Gasteiger partial charge >= 0.3 is 5.97 Å². The average Bonchev–Trinajstić information content (AvgIpc) is 2.69. The van der Waals surface area contributed by atoms with E-state index in [0.29, 0.717) is 0 Å². The zero-order valence-corrected chi connectivity index (χ0v) is 15.0. The molecule has 0 spiro atoms. The van der Waals surface area contributed by atoms with Crippen molar-refractivity contribution in [3.8, 4) is 0 Å². The summed E-state index contributed by atoms with van der Waals surface area (Å²) in [7, 11) is 0. The van der Waals surface area contributed by atoms with E-state index in [0.717, 1.165) is 38.3 Å². The Bertz CT molecular complexity index is 795. The van der Waals surface area contributed by atoms with Gasteiger partial charge in [-0.3, -0.25) is 15.1 Å². The number of benzene rings is 2. The van der Waals surface area contributed by atoms with Gasteiger partial charge in [-0.2, -0.15) is 0 Å². The first-order chi connectivity index (χ1) is 13.1. The highest BCUT2D eigenvalue weighted by Gasteiger charge is 2.17. The average molecular weight is 365 g/mol. The molecule has 1 aliphatic heterocycles. The molecule has 1 saturated heterocycles. The first kappa shape index (κ1) is 18.8. The van der Waals surface area contributed by atoms with Gasteiger partial charge in [0.2, 0.25) is 0 Å². The fourth-order valence-electron chi connectivity index (χ4n) is 2.96. The first-order valence-electron chi connectivity index (χ1n) is 8.93. The predicted octanol–water partition coefficient (Wildman–Crippen LogP) is 2.25. The van der Waals surface area contributed by atoms with Crippen LogP contribution >= 0.6 is 0 Å². The van der Waals surface area contributed by atoms with Crippen LogP contribution < -0.4 is 5.43 Å². The van der Waals surface area contributed by atoms with Crippen LogP contribution in [-0.2, 0) is 11.3 Å². The maximum Gasteiger partial charge on any atom is 0.335 e. The number of piperazine rings is 1. The normalized spacial score (nSPS) is 15.7. The van der Waals surface area contributed by atoms with Crippen molar-refractivity contribution in [3.05, 3.63) is 77.4 Å². The fourth-order valence-corrected chi connectivity index (χ4v) is 2.96. The Morgan fingerprint density at radius 1 is 0.963 bits per heavy atom. The number of nitrogens with one attached hydrogen (secondary N) is 1. The van der Waals surface area contributed by atoms with Crippen LogP contribution in [-0.4, -0.2) is 53.1 Å². The predicted molar refractivity (Wildman–Crippen MR) is 104 cm³/mol. The van der Waals surface area contributed by atoms with Gasteiger partial charge in [0.05, 0.1) is 5.56 Å². The van der Waals surface area contributed by atoms with Crippen LogP contribution in [0.3, 0.4) is 0 Å². The van der Waals surface area contributed by atoms with Gasteiger partial charge in [0.25, 0.3) is 5.91 Å². The molecular formula is C21H23N3O3. The van der Waals surface area contributed by atoms with Crippen molar-refractivity contribution in [1.82, 2.24) is 15.3 Å². The summed E-state index contributed by atoms with van der Waals surface area (Å²) >= 11 is 0. The molecule has 6 nitrogen and oxygen atoms in total. The maximum atomic E-state index is 12.1. The van der Waals surface area contributed by atoms with Crippen molar-refractivity contribution in [3.63, 3.8) is 0 Å². The quantitative estimate of drug-likeness (QED) is 0.768. The third kappa shape index (κ3) is 5.77. The summed E-state index contributed by atoms with van der Waals surface area (Å²) in [5.41, 5.74) is 5.20. The molecule has 0 atom stereocenters. The SMILES string of the molecule is O=C(C=Cc1ccc(C(=O)O)cc1)NN1CCN(Cc2ccccc2)CC1. The lowest BCUT2D eigenvalue weighted by molar-refractivity contribution is -0.121. The molecule has 3 rings (SSSR count). The number of carboxylic acid groups (broad SMARTS) is 1. The van der Waals surface area contributed by atoms with Crippen LogP contribution in [0.1, 0.15) is 21.5 Å². The molecule has 0 radical (unpaired) electrons. The van der Waals surface area contributed by atoms with Gasteiger partial charge in [-0.05, 0) is 29.3 Å². The van der Waals surface area contributed by atoms with Crippen molar-refractivity contribution < 1.29 is 14.7 Å². The zero-order chi connectivity index (χ0) is 19.1. The van der Waals surface area contributed by atoms with E-state index in [-0.39, 0.29) is 11.5 Å². The Balaban J connectivity index is 1.43. The highest BCUT2D eigenvalue weighted by Crippen LogP contribution is 2.08. The Morgan fingerprint density at radius 2 is 1.63 bits per heavy atom. The number of aromatic carboxylic acids is 1. The lowest BCUT2D eigenvalue weighted by atomic mass is 10.1. The zero-order valence-electron chi connectivity index (χ0n) is 15.0. The van der Waals surface area contributed by atoms with Crippen molar-refractivity contribution in [1.29, 1.82) is 0 Å². The second kappa shape index (κ2) is 9.12. The number of hydrogen-bond acceptors (Lipinski definition) is 4. The molecule has 0 aliphatic carbocycles. The molecular weight excluding hydrogens is 342 g/mol. The van der Waals surface area contributed by atoms with Crippen LogP contribution in [0.4, 0.5) is 0 Å². The molecule has 2 aromatic rings. The number of amides is 1. The summed E-state index contributed by atoms with van der Waals surface area (Å²) in [6.45, 7) is 4.28. The summed E-state index contributed by atoms with van der Waals surface area (Å²) in [6, 6.07) is 16.8. The van der Waals surface area contributed by atoms with Crippen LogP contribution in [0.15, 0.2) is 60.7 Å². The topological polar surface area (TPSA) is 72.9 Å². The summed E-state index contributed by atoms with van der Waals surface area (Å²) in [5, 5.41) is 10.8. The third-order valence-electron chi connectivity index (χ3n) is 4.47. The van der Waals surface area contributed by atoms with Gasteiger partial charge in [-0.15, -0.1) is 0 Å². The molecule has 6 heteroatoms. The van der Waals surface area contributed by atoms with Gasteiger partial charge in [0, 0.05) is 38.8 Å². The molecule has 1 aliphatic rings.